The van der Waals surface area contributed by atoms with Crippen LogP contribution in [0.25, 0.3) is 0 Å². The molecule has 1 aliphatic heterocycles. The summed E-state index contributed by atoms with van der Waals surface area (Å²) < 4.78 is 18.0. The fraction of sp³-hybridized carbons (Fsp3) is 0.368. The molecule has 0 bridgehead atoms. The minimum Gasteiger partial charge on any atom is -0.385 e. The Labute approximate surface area is 140 Å². The molecule has 0 spiro atoms. The van der Waals surface area contributed by atoms with Crippen LogP contribution >= 0.6 is 0 Å². The molecule has 0 amide bonds. The van der Waals surface area contributed by atoms with E-state index < -0.39 is 10.8 Å². The summed E-state index contributed by atoms with van der Waals surface area (Å²) in [6, 6.07) is 17.8. The van der Waals surface area contributed by atoms with Gasteiger partial charge in [-0.3, -0.25) is 4.21 Å². The third-order valence-electron chi connectivity index (χ3n) is 4.05. The number of ether oxygens (including phenoxy) is 1. The van der Waals surface area contributed by atoms with Crippen LogP contribution in [0.3, 0.4) is 0 Å². The zero-order chi connectivity index (χ0) is 15.9. The molecule has 0 aliphatic carbocycles. The minimum absolute atomic E-state index is 0.413. The molecule has 3 nitrogen and oxygen atoms in total. The summed E-state index contributed by atoms with van der Waals surface area (Å²) in [5.74, 6) is 0.547. The van der Waals surface area contributed by atoms with E-state index >= 15 is 0 Å². The maximum absolute atomic E-state index is 12.4. The minimum atomic E-state index is -0.998. The van der Waals surface area contributed by atoms with Gasteiger partial charge in [-0.15, -0.1) is 0 Å². The fourth-order valence-corrected chi connectivity index (χ4v) is 3.94. The molecule has 0 radical (unpaired) electrons. The Morgan fingerprint density at radius 1 is 1.13 bits per heavy atom. The largest absolute Gasteiger partial charge is 0.385 e. The third kappa shape index (κ3) is 4.91. The lowest BCUT2D eigenvalue weighted by atomic mass is 10.2. The Morgan fingerprint density at radius 3 is 2.78 bits per heavy atom. The van der Waals surface area contributed by atoms with Crippen LogP contribution in [0.4, 0.5) is 5.69 Å². The highest BCUT2D eigenvalue weighted by Crippen LogP contribution is 2.18. The van der Waals surface area contributed by atoms with Crippen LogP contribution in [0, 0.1) is 0 Å². The molecular weight excluding hydrogens is 306 g/mol. The summed E-state index contributed by atoms with van der Waals surface area (Å²) in [7, 11) is -0.998. The highest BCUT2D eigenvalue weighted by atomic mass is 32.2. The van der Waals surface area contributed by atoms with E-state index in [-0.39, 0.29) is 0 Å². The van der Waals surface area contributed by atoms with Crippen LogP contribution in [-0.4, -0.2) is 23.5 Å². The van der Waals surface area contributed by atoms with Gasteiger partial charge in [-0.2, -0.15) is 0 Å². The number of rotatable bonds is 7. The summed E-state index contributed by atoms with van der Waals surface area (Å²) in [6.07, 6.45) is 3.82. The second kappa shape index (κ2) is 8.27. The van der Waals surface area contributed by atoms with Gasteiger partial charge < -0.3 is 10.1 Å². The molecule has 0 unspecified atom stereocenters. The SMILES string of the molecule is O=[S@@](Cc1cccc(NCC[C@@H]2CCCO2)c1)c1ccccc1. The Bertz CT molecular complexity index is 639. The van der Waals surface area contributed by atoms with Crippen molar-refractivity contribution in [3.8, 4) is 0 Å². The lowest BCUT2D eigenvalue weighted by molar-refractivity contribution is 0.107. The highest BCUT2D eigenvalue weighted by Gasteiger charge is 2.14. The summed E-state index contributed by atoms with van der Waals surface area (Å²) in [5, 5.41) is 3.45. The van der Waals surface area contributed by atoms with Crippen molar-refractivity contribution in [1.82, 2.24) is 0 Å². The van der Waals surface area contributed by atoms with Gasteiger partial charge in [-0.1, -0.05) is 30.3 Å². The first-order chi connectivity index (χ1) is 11.3. The standard InChI is InChI=1S/C19H23NO2S/c21-23(19-9-2-1-3-10-19)15-16-6-4-7-17(14-16)20-12-11-18-8-5-13-22-18/h1-4,6-7,9-10,14,18,20H,5,8,11-13,15H2/t18-,23-/m0/s1. The summed E-state index contributed by atoms with van der Waals surface area (Å²) in [6.45, 7) is 1.82. The molecule has 4 heteroatoms. The van der Waals surface area contributed by atoms with Crippen molar-refractivity contribution in [2.75, 3.05) is 18.5 Å². The van der Waals surface area contributed by atoms with Crippen LogP contribution in [0.2, 0.25) is 0 Å². The highest BCUT2D eigenvalue weighted by molar-refractivity contribution is 7.84. The molecule has 2 atom stereocenters. The third-order valence-corrected chi connectivity index (χ3v) is 5.44. The molecule has 1 saturated heterocycles. The van der Waals surface area contributed by atoms with E-state index in [0.717, 1.165) is 35.7 Å². The average molecular weight is 329 g/mol. The zero-order valence-corrected chi connectivity index (χ0v) is 14.1. The normalized spacial score (nSPS) is 18.7. The van der Waals surface area contributed by atoms with E-state index in [1.54, 1.807) is 0 Å². The van der Waals surface area contributed by atoms with Gasteiger partial charge in [0, 0.05) is 23.7 Å². The van der Waals surface area contributed by atoms with E-state index in [1.165, 1.54) is 12.8 Å². The van der Waals surface area contributed by atoms with Gasteiger partial charge in [0.05, 0.1) is 22.7 Å². The van der Waals surface area contributed by atoms with Gasteiger partial charge in [0.25, 0.3) is 0 Å². The van der Waals surface area contributed by atoms with Crippen molar-refractivity contribution in [3.05, 3.63) is 60.2 Å². The van der Waals surface area contributed by atoms with Gasteiger partial charge in [0.2, 0.25) is 0 Å². The van der Waals surface area contributed by atoms with Crippen molar-refractivity contribution in [2.45, 2.75) is 36.0 Å². The number of nitrogens with one attached hydrogen (secondary N) is 1. The number of hydrogen-bond donors (Lipinski definition) is 1. The van der Waals surface area contributed by atoms with Crippen molar-refractivity contribution in [1.29, 1.82) is 0 Å². The van der Waals surface area contributed by atoms with Gasteiger partial charge in [0.15, 0.2) is 0 Å². The average Bonchev–Trinajstić information content (AvgIpc) is 3.09. The summed E-state index contributed by atoms with van der Waals surface area (Å²) in [4.78, 5) is 0.879. The Hall–Kier alpha value is -1.65. The maximum Gasteiger partial charge on any atom is 0.0592 e. The van der Waals surface area contributed by atoms with Crippen LogP contribution in [-0.2, 0) is 21.3 Å². The van der Waals surface area contributed by atoms with Crippen LogP contribution in [0.1, 0.15) is 24.8 Å². The van der Waals surface area contributed by atoms with Crippen LogP contribution in [0.5, 0.6) is 0 Å². The van der Waals surface area contributed by atoms with Gasteiger partial charge in [-0.05, 0) is 49.1 Å². The summed E-state index contributed by atoms with van der Waals surface area (Å²) >= 11 is 0. The number of benzene rings is 2. The van der Waals surface area contributed by atoms with Gasteiger partial charge in [-0.25, -0.2) is 0 Å². The molecular formula is C19H23NO2S. The Kier molecular flexibility index (Phi) is 5.83. The first kappa shape index (κ1) is 16.2. The Morgan fingerprint density at radius 2 is 2.00 bits per heavy atom. The molecule has 2 aromatic rings. The molecule has 3 rings (SSSR count). The monoisotopic (exact) mass is 329 g/mol. The van der Waals surface area contributed by atoms with E-state index in [1.807, 2.05) is 42.5 Å². The van der Waals surface area contributed by atoms with Crippen LogP contribution in [0.15, 0.2) is 59.5 Å². The predicted octanol–water partition coefficient (Wildman–Crippen LogP) is 3.98. The van der Waals surface area contributed by atoms with Crippen molar-refractivity contribution in [3.63, 3.8) is 0 Å². The second-order valence-corrected chi connectivity index (χ2v) is 7.30. The molecule has 0 saturated carbocycles. The molecule has 2 aromatic carbocycles. The molecule has 1 fully saturated rings. The quantitative estimate of drug-likeness (QED) is 0.835. The van der Waals surface area contributed by atoms with Crippen molar-refractivity contribution >= 4 is 16.5 Å². The van der Waals surface area contributed by atoms with E-state index in [0.29, 0.717) is 11.9 Å². The zero-order valence-electron chi connectivity index (χ0n) is 13.2. The summed E-state index contributed by atoms with van der Waals surface area (Å²) in [5.41, 5.74) is 2.18. The molecule has 1 N–H and O–H groups in total. The molecule has 1 heterocycles. The van der Waals surface area contributed by atoms with Gasteiger partial charge >= 0.3 is 0 Å². The molecule has 1 aliphatic rings. The van der Waals surface area contributed by atoms with Gasteiger partial charge in [0.1, 0.15) is 0 Å². The van der Waals surface area contributed by atoms with Crippen LogP contribution < -0.4 is 5.32 Å². The first-order valence-corrected chi connectivity index (χ1v) is 9.51. The molecule has 23 heavy (non-hydrogen) atoms. The fourth-order valence-electron chi connectivity index (χ4n) is 2.83. The smallest absolute Gasteiger partial charge is 0.0592 e. The van der Waals surface area contributed by atoms with E-state index in [2.05, 4.69) is 17.4 Å². The van der Waals surface area contributed by atoms with Crippen molar-refractivity contribution < 1.29 is 8.95 Å². The maximum atomic E-state index is 12.4. The molecule has 0 aromatic heterocycles. The molecule has 122 valence electrons. The number of anilines is 1. The van der Waals surface area contributed by atoms with E-state index in [4.69, 9.17) is 4.74 Å². The van der Waals surface area contributed by atoms with Crippen molar-refractivity contribution in [2.24, 2.45) is 0 Å². The lowest BCUT2D eigenvalue weighted by Crippen LogP contribution is -2.12. The number of hydrogen-bond acceptors (Lipinski definition) is 3. The topological polar surface area (TPSA) is 38.3 Å². The second-order valence-electron chi connectivity index (χ2n) is 5.85. The van der Waals surface area contributed by atoms with E-state index in [9.17, 15) is 4.21 Å². The predicted molar refractivity (Wildman–Crippen MR) is 95.1 cm³/mol. The first-order valence-electron chi connectivity index (χ1n) is 8.19. The Balaban J connectivity index is 1.53. The lowest BCUT2D eigenvalue weighted by Gasteiger charge is -2.12.